The molecule has 0 fully saturated rings. The van der Waals surface area contributed by atoms with Crippen molar-refractivity contribution < 1.29 is 9.59 Å². The van der Waals surface area contributed by atoms with Crippen LogP contribution in [0.25, 0.3) is 10.2 Å². The van der Waals surface area contributed by atoms with Crippen LogP contribution in [0.5, 0.6) is 0 Å². The molecule has 0 bridgehead atoms. The molecule has 4 nitrogen and oxygen atoms in total. The number of carbonyl (C=O) groups is 2. The van der Waals surface area contributed by atoms with E-state index in [1.807, 2.05) is 24.3 Å². The normalized spacial score (nSPS) is 12.0. The van der Waals surface area contributed by atoms with Gasteiger partial charge in [-0.15, -0.1) is 0 Å². The molecule has 0 aliphatic heterocycles. The number of carbonyl (C=O) groups excluding carboxylic acids is 2. The summed E-state index contributed by atoms with van der Waals surface area (Å²) in [6.45, 7) is 3.18. The highest BCUT2D eigenvalue weighted by molar-refractivity contribution is 7.16. The molecule has 88 valence electrons. The number of hydrogen-bond acceptors (Lipinski definition) is 3. The van der Waals surface area contributed by atoms with Crippen LogP contribution in [-0.4, -0.2) is 16.3 Å². The minimum Gasteiger partial charge on any atom is -0.309 e. The van der Waals surface area contributed by atoms with Crippen LogP contribution in [0.1, 0.15) is 13.8 Å². The quantitative estimate of drug-likeness (QED) is 0.812. The summed E-state index contributed by atoms with van der Waals surface area (Å²) < 4.78 is 2.80. The molecule has 0 atom stereocenters. The van der Waals surface area contributed by atoms with Crippen molar-refractivity contribution >= 4 is 33.2 Å². The Morgan fingerprint density at radius 3 is 2.65 bits per heavy atom. The monoisotopic (exact) mass is 248 g/mol. The van der Waals surface area contributed by atoms with Crippen molar-refractivity contribution in [3.8, 4) is 0 Å². The first-order valence-corrected chi connectivity index (χ1v) is 6.02. The lowest BCUT2D eigenvalue weighted by Gasteiger charge is -2.00. The first kappa shape index (κ1) is 11.7. The Balaban J connectivity index is 2.73. The van der Waals surface area contributed by atoms with Gasteiger partial charge in [0.1, 0.15) is 5.78 Å². The molecule has 0 saturated heterocycles. The van der Waals surface area contributed by atoms with E-state index in [1.165, 1.54) is 25.2 Å². The molecule has 0 saturated carbocycles. The minimum absolute atomic E-state index is 0.0403. The summed E-state index contributed by atoms with van der Waals surface area (Å²) >= 11 is 1.42. The molecule has 0 spiro atoms. The maximum Gasteiger partial charge on any atom is 0.245 e. The van der Waals surface area contributed by atoms with Gasteiger partial charge in [-0.05, 0) is 19.1 Å². The highest BCUT2D eigenvalue weighted by Crippen LogP contribution is 2.16. The maximum atomic E-state index is 11.3. The van der Waals surface area contributed by atoms with Crippen molar-refractivity contribution in [3.63, 3.8) is 0 Å². The fraction of sp³-hybridized carbons (Fsp3) is 0.250. The molecule has 1 heterocycles. The Kier molecular flexibility index (Phi) is 3.19. The van der Waals surface area contributed by atoms with Gasteiger partial charge in [0.15, 0.2) is 4.80 Å². The second-order valence-corrected chi connectivity index (χ2v) is 4.78. The average Bonchev–Trinajstić information content (AvgIpc) is 2.55. The molecule has 0 aliphatic carbocycles. The number of rotatable bonds is 2. The van der Waals surface area contributed by atoms with E-state index in [-0.39, 0.29) is 18.2 Å². The third kappa shape index (κ3) is 2.50. The summed E-state index contributed by atoms with van der Waals surface area (Å²) in [7, 11) is 0. The first-order chi connectivity index (χ1) is 8.08. The third-order valence-corrected chi connectivity index (χ3v) is 3.28. The van der Waals surface area contributed by atoms with E-state index in [2.05, 4.69) is 4.99 Å². The number of benzene rings is 1. The molecule has 2 aromatic rings. The molecule has 0 radical (unpaired) electrons. The summed E-state index contributed by atoms with van der Waals surface area (Å²) in [5.74, 6) is -0.215. The molecule has 0 aliphatic rings. The Labute approximate surface area is 102 Å². The summed E-state index contributed by atoms with van der Waals surface area (Å²) in [5, 5.41) is 0. The van der Waals surface area contributed by atoms with E-state index in [4.69, 9.17) is 0 Å². The van der Waals surface area contributed by atoms with E-state index >= 15 is 0 Å². The van der Waals surface area contributed by atoms with Gasteiger partial charge >= 0.3 is 0 Å². The van der Waals surface area contributed by atoms with Gasteiger partial charge < -0.3 is 4.57 Å². The van der Waals surface area contributed by atoms with Gasteiger partial charge in [-0.1, -0.05) is 23.5 Å². The standard InChI is InChI=1S/C12H12N2O2S/c1-8(15)7-14-10-5-3-4-6-11(10)17-12(14)13-9(2)16/h3-6H,7H2,1-2H3. The van der Waals surface area contributed by atoms with Crippen LogP contribution in [0.15, 0.2) is 29.3 Å². The van der Waals surface area contributed by atoms with Gasteiger partial charge in [0.05, 0.1) is 16.8 Å². The van der Waals surface area contributed by atoms with E-state index in [9.17, 15) is 9.59 Å². The number of nitrogens with zero attached hydrogens (tertiary/aromatic N) is 2. The number of Topliss-reactive ketones (excluding diaryl/α,β-unsaturated/α-hetero) is 1. The number of amides is 1. The van der Waals surface area contributed by atoms with Gasteiger partial charge in [-0.2, -0.15) is 4.99 Å². The Morgan fingerprint density at radius 1 is 1.29 bits per heavy atom. The highest BCUT2D eigenvalue weighted by atomic mass is 32.1. The van der Waals surface area contributed by atoms with Crippen molar-refractivity contribution in [1.29, 1.82) is 0 Å². The highest BCUT2D eigenvalue weighted by Gasteiger charge is 2.07. The third-order valence-electron chi connectivity index (χ3n) is 2.22. The second kappa shape index (κ2) is 4.63. The lowest BCUT2D eigenvalue weighted by Crippen LogP contribution is -2.19. The molecule has 1 aromatic carbocycles. The number of aromatic nitrogens is 1. The van der Waals surface area contributed by atoms with Crippen molar-refractivity contribution in [2.75, 3.05) is 0 Å². The van der Waals surface area contributed by atoms with Crippen molar-refractivity contribution in [2.45, 2.75) is 20.4 Å². The zero-order valence-electron chi connectivity index (χ0n) is 9.64. The molecular weight excluding hydrogens is 236 g/mol. The zero-order chi connectivity index (χ0) is 12.4. The Morgan fingerprint density at radius 2 is 2.00 bits per heavy atom. The Bertz CT molecular complexity index is 652. The maximum absolute atomic E-state index is 11.3. The zero-order valence-corrected chi connectivity index (χ0v) is 10.5. The molecule has 5 heteroatoms. The van der Waals surface area contributed by atoms with E-state index in [1.54, 1.807) is 4.57 Å². The summed E-state index contributed by atoms with van der Waals surface area (Å²) in [4.78, 5) is 26.8. The van der Waals surface area contributed by atoms with E-state index in [0.717, 1.165) is 10.2 Å². The van der Waals surface area contributed by atoms with Crippen molar-refractivity contribution in [2.24, 2.45) is 4.99 Å². The lowest BCUT2D eigenvalue weighted by molar-refractivity contribution is -0.118. The SMILES string of the molecule is CC(=O)Cn1c(=NC(C)=O)sc2ccccc21. The second-order valence-electron chi connectivity index (χ2n) is 3.77. The number of para-hydroxylation sites is 1. The van der Waals surface area contributed by atoms with Gasteiger partial charge in [0.25, 0.3) is 0 Å². The topological polar surface area (TPSA) is 51.4 Å². The summed E-state index contributed by atoms with van der Waals surface area (Å²) in [5.41, 5.74) is 0.938. The fourth-order valence-electron chi connectivity index (χ4n) is 1.62. The summed E-state index contributed by atoms with van der Waals surface area (Å²) in [6, 6.07) is 7.71. The number of thiazole rings is 1. The van der Waals surface area contributed by atoms with Crippen LogP contribution in [0, 0.1) is 0 Å². The fourth-order valence-corrected chi connectivity index (χ4v) is 2.69. The Hall–Kier alpha value is -1.75. The van der Waals surface area contributed by atoms with Gasteiger partial charge in [-0.3, -0.25) is 9.59 Å². The number of ketones is 1. The first-order valence-electron chi connectivity index (χ1n) is 5.21. The van der Waals surface area contributed by atoms with Gasteiger partial charge in [0.2, 0.25) is 5.91 Å². The van der Waals surface area contributed by atoms with Crippen LogP contribution < -0.4 is 4.80 Å². The smallest absolute Gasteiger partial charge is 0.245 e. The van der Waals surface area contributed by atoms with Crippen molar-refractivity contribution in [1.82, 2.24) is 4.57 Å². The molecule has 2 rings (SSSR count). The molecule has 1 amide bonds. The molecule has 0 N–H and O–H groups in total. The van der Waals surface area contributed by atoms with Crippen molar-refractivity contribution in [3.05, 3.63) is 29.1 Å². The molecule has 17 heavy (non-hydrogen) atoms. The van der Waals surface area contributed by atoms with Crippen LogP contribution in [-0.2, 0) is 16.1 Å². The van der Waals surface area contributed by atoms with E-state index in [0.29, 0.717) is 4.80 Å². The minimum atomic E-state index is -0.256. The van der Waals surface area contributed by atoms with Crippen LogP contribution in [0.2, 0.25) is 0 Å². The largest absolute Gasteiger partial charge is 0.309 e. The molecule has 1 aromatic heterocycles. The van der Waals surface area contributed by atoms with Crippen LogP contribution in [0.4, 0.5) is 0 Å². The number of hydrogen-bond donors (Lipinski definition) is 0. The van der Waals surface area contributed by atoms with Gasteiger partial charge in [0, 0.05) is 6.92 Å². The molecule has 0 unspecified atom stereocenters. The van der Waals surface area contributed by atoms with Crippen LogP contribution in [0.3, 0.4) is 0 Å². The predicted molar refractivity (Wildman–Crippen MR) is 66.7 cm³/mol. The predicted octanol–water partition coefficient (Wildman–Crippen LogP) is 1.74. The lowest BCUT2D eigenvalue weighted by atomic mass is 10.3. The van der Waals surface area contributed by atoms with Gasteiger partial charge in [-0.25, -0.2) is 0 Å². The average molecular weight is 248 g/mol. The van der Waals surface area contributed by atoms with Crippen LogP contribution >= 0.6 is 11.3 Å². The summed E-state index contributed by atoms with van der Waals surface area (Å²) in [6.07, 6.45) is 0. The molecular formula is C12H12N2O2S. The number of fused-ring (bicyclic) bond motifs is 1. The van der Waals surface area contributed by atoms with E-state index < -0.39 is 0 Å².